The Balaban J connectivity index is 1.50. The largest absolute Gasteiger partial charge is 0.488 e. The highest BCUT2D eigenvalue weighted by Gasteiger charge is 2.42. The first-order valence-corrected chi connectivity index (χ1v) is 7.54. The Morgan fingerprint density at radius 3 is 2.55 bits per heavy atom. The Morgan fingerprint density at radius 1 is 1.15 bits per heavy atom. The van der Waals surface area contributed by atoms with E-state index in [0.717, 1.165) is 28.7 Å². The van der Waals surface area contributed by atoms with Crippen LogP contribution in [-0.2, 0) is 4.79 Å². The number of carbonyl (C=O) groups excluding carboxylic acids is 1. The number of carbonyl (C=O) groups is 1. The van der Waals surface area contributed by atoms with Crippen LogP contribution in [0.4, 0.5) is 0 Å². The van der Waals surface area contributed by atoms with Crippen molar-refractivity contribution in [1.82, 2.24) is 5.32 Å². The summed E-state index contributed by atoms with van der Waals surface area (Å²) in [6.45, 7) is 0.380. The van der Waals surface area contributed by atoms with E-state index in [0.29, 0.717) is 12.6 Å². The summed E-state index contributed by atoms with van der Waals surface area (Å²) < 4.78 is 5.66. The molecule has 0 saturated heterocycles. The molecule has 4 rings (SSSR count). The van der Waals surface area contributed by atoms with Crippen LogP contribution in [0.3, 0.4) is 0 Å². The molecule has 0 atom stereocenters. The van der Waals surface area contributed by atoms with Crippen molar-refractivity contribution in [2.75, 3.05) is 6.61 Å². The van der Waals surface area contributed by atoms with Gasteiger partial charge in [-0.3, -0.25) is 4.79 Å². The summed E-state index contributed by atoms with van der Waals surface area (Å²) in [5, 5.41) is 3.25. The number of amides is 1. The zero-order valence-corrected chi connectivity index (χ0v) is 11.5. The van der Waals surface area contributed by atoms with Crippen molar-refractivity contribution in [3.63, 3.8) is 0 Å². The van der Waals surface area contributed by atoms with Crippen LogP contribution in [-0.4, -0.2) is 18.6 Å². The van der Waals surface area contributed by atoms with Crippen LogP contribution in [0.25, 0.3) is 6.08 Å². The molecular weight excluding hydrogens is 250 g/mol. The lowest BCUT2D eigenvalue weighted by molar-refractivity contribution is -0.118. The van der Waals surface area contributed by atoms with E-state index in [9.17, 15) is 4.79 Å². The van der Waals surface area contributed by atoms with Gasteiger partial charge in [-0.15, -0.1) is 0 Å². The lowest BCUT2D eigenvalue weighted by Crippen LogP contribution is -2.40. The Kier molecular flexibility index (Phi) is 2.79. The quantitative estimate of drug-likeness (QED) is 0.912. The maximum absolute atomic E-state index is 12.4. The van der Waals surface area contributed by atoms with E-state index in [2.05, 4.69) is 5.32 Å². The number of hydrogen-bond acceptors (Lipinski definition) is 2. The lowest BCUT2D eigenvalue weighted by Gasteiger charge is -2.21. The second-order valence-electron chi connectivity index (χ2n) is 6.17. The van der Waals surface area contributed by atoms with Crippen LogP contribution in [0, 0.1) is 11.8 Å². The van der Waals surface area contributed by atoms with E-state index in [-0.39, 0.29) is 5.91 Å². The summed E-state index contributed by atoms with van der Waals surface area (Å²) in [5.74, 6) is 2.38. The molecule has 1 aromatic carbocycles. The van der Waals surface area contributed by atoms with Gasteiger partial charge in [-0.25, -0.2) is 0 Å². The average Bonchev–Trinajstić information content (AvgIpc) is 3.37. The molecule has 0 bridgehead atoms. The van der Waals surface area contributed by atoms with Gasteiger partial charge in [0.1, 0.15) is 12.4 Å². The second-order valence-corrected chi connectivity index (χ2v) is 6.17. The summed E-state index contributed by atoms with van der Waals surface area (Å²) >= 11 is 0. The highest BCUT2D eigenvalue weighted by molar-refractivity contribution is 5.99. The minimum atomic E-state index is 0.0586. The van der Waals surface area contributed by atoms with Crippen molar-refractivity contribution in [2.45, 2.75) is 31.7 Å². The van der Waals surface area contributed by atoms with Crippen molar-refractivity contribution in [3.8, 4) is 5.75 Å². The standard InChI is InChI=1S/C17H19NO2/c19-17(18-16(11-5-6-11)12-7-8-12)14-9-13-3-1-2-4-15(13)20-10-14/h1-4,9,11-12,16H,5-8,10H2,(H,18,19). The third-order valence-corrected chi connectivity index (χ3v) is 4.48. The van der Waals surface area contributed by atoms with Crippen LogP contribution >= 0.6 is 0 Å². The molecule has 1 aromatic rings. The van der Waals surface area contributed by atoms with Gasteiger partial charge in [0, 0.05) is 11.6 Å². The van der Waals surface area contributed by atoms with Gasteiger partial charge in [-0.05, 0) is 49.7 Å². The number of benzene rings is 1. The number of para-hydroxylation sites is 1. The summed E-state index contributed by atoms with van der Waals surface area (Å²) in [5.41, 5.74) is 1.74. The molecule has 2 aliphatic carbocycles. The van der Waals surface area contributed by atoms with Gasteiger partial charge < -0.3 is 10.1 Å². The molecule has 104 valence electrons. The topological polar surface area (TPSA) is 38.3 Å². The van der Waals surface area contributed by atoms with E-state index >= 15 is 0 Å². The van der Waals surface area contributed by atoms with E-state index < -0.39 is 0 Å². The molecule has 0 spiro atoms. The van der Waals surface area contributed by atoms with Gasteiger partial charge in [0.25, 0.3) is 5.91 Å². The normalized spacial score (nSPS) is 20.9. The molecule has 20 heavy (non-hydrogen) atoms. The number of hydrogen-bond donors (Lipinski definition) is 1. The van der Waals surface area contributed by atoms with Crippen molar-refractivity contribution in [1.29, 1.82) is 0 Å². The van der Waals surface area contributed by atoms with Crippen LogP contribution in [0.2, 0.25) is 0 Å². The van der Waals surface area contributed by atoms with Crippen molar-refractivity contribution in [2.24, 2.45) is 11.8 Å². The molecule has 3 heteroatoms. The van der Waals surface area contributed by atoms with Crippen molar-refractivity contribution < 1.29 is 9.53 Å². The molecule has 0 radical (unpaired) electrons. The van der Waals surface area contributed by atoms with E-state index in [1.54, 1.807) is 0 Å². The van der Waals surface area contributed by atoms with E-state index in [1.165, 1.54) is 25.7 Å². The van der Waals surface area contributed by atoms with Gasteiger partial charge in [-0.2, -0.15) is 0 Å². The average molecular weight is 269 g/mol. The summed E-state index contributed by atoms with van der Waals surface area (Å²) in [7, 11) is 0. The second kappa shape index (κ2) is 4.65. The molecule has 2 saturated carbocycles. The molecule has 1 amide bonds. The Labute approximate surface area is 119 Å². The zero-order valence-electron chi connectivity index (χ0n) is 11.5. The zero-order chi connectivity index (χ0) is 13.5. The Bertz CT molecular complexity index is 558. The number of fused-ring (bicyclic) bond motifs is 1. The van der Waals surface area contributed by atoms with Crippen LogP contribution in [0.5, 0.6) is 5.75 Å². The number of nitrogens with one attached hydrogen (secondary N) is 1. The molecule has 0 aromatic heterocycles. The first-order chi connectivity index (χ1) is 9.81. The predicted octanol–water partition coefficient (Wildman–Crippen LogP) is 2.77. The van der Waals surface area contributed by atoms with E-state index in [1.807, 2.05) is 30.3 Å². The molecule has 0 unspecified atom stereocenters. The third kappa shape index (κ3) is 2.33. The fourth-order valence-corrected chi connectivity index (χ4v) is 3.02. The molecule has 3 nitrogen and oxygen atoms in total. The molecule has 2 fully saturated rings. The van der Waals surface area contributed by atoms with Gasteiger partial charge in [0.2, 0.25) is 0 Å². The maximum atomic E-state index is 12.4. The molecular formula is C17H19NO2. The van der Waals surface area contributed by atoms with Gasteiger partial charge in [-0.1, -0.05) is 18.2 Å². The maximum Gasteiger partial charge on any atom is 0.250 e. The van der Waals surface area contributed by atoms with E-state index in [4.69, 9.17) is 4.74 Å². The SMILES string of the molecule is O=C(NC(C1CC1)C1CC1)C1=Cc2ccccc2OC1. The van der Waals surface area contributed by atoms with Gasteiger partial charge in [0.05, 0.1) is 5.57 Å². The highest BCUT2D eigenvalue weighted by Crippen LogP contribution is 2.44. The molecule has 1 N–H and O–H groups in total. The molecule has 1 heterocycles. The molecule has 3 aliphatic rings. The number of rotatable bonds is 4. The summed E-state index contributed by atoms with van der Waals surface area (Å²) in [6, 6.07) is 8.25. The monoisotopic (exact) mass is 269 g/mol. The van der Waals surface area contributed by atoms with Crippen LogP contribution in [0.1, 0.15) is 31.2 Å². The summed E-state index contributed by atoms with van der Waals surface area (Å²) in [6.07, 6.45) is 7.07. The minimum Gasteiger partial charge on any atom is -0.488 e. The molecule has 1 aliphatic heterocycles. The van der Waals surface area contributed by atoms with Gasteiger partial charge >= 0.3 is 0 Å². The smallest absolute Gasteiger partial charge is 0.250 e. The van der Waals surface area contributed by atoms with Crippen molar-refractivity contribution in [3.05, 3.63) is 35.4 Å². The fourth-order valence-electron chi connectivity index (χ4n) is 3.02. The van der Waals surface area contributed by atoms with Gasteiger partial charge in [0.15, 0.2) is 0 Å². The number of ether oxygens (including phenoxy) is 1. The Morgan fingerprint density at radius 2 is 1.85 bits per heavy atom. The third-order valence-electron chi connectivity index (χ3n) is 4.48. The fraction of sp³-hybridized carbons (Fsp3) is 0.471. The summed E-state index contributed by atoms with van der Waals surface area (Å²) in [4.78, 5) is 12.4. The minimum absolute atomic E-state index is 0.0586. The first-order valence-electron chi connectivity index (χ1n) is 7.54. The Hall–Kier alpha value is -1.77. The first kappa shape index (κ1) is 12.0. The van der Waals surface area contributed by atoms with Crippen LogP contribution in [0.15, 0.2) is 29.8 Å². The van der Waals surface area contributed by atoms with Crippen LogP contribution < -0.4 is 10.1 Å². The predicted molar refractivity (Wildman–Crippen MR) is 77.3 cm³/mol. The lowest BCUT2D eigenvalue weighted by atomic mass is 10.0. The van der Waals surface area contributed by atoms with Crippen molar-refractivity contribution >= 4 is 12.0 Å². The highest BCUT2D eigenvalue weighted by atomic mass is 16.5.